The summed E-state index contributed by atoms with van der Waals surface area (Å²) in [5, 5.41) is 3.09. The molecule has 0 saturated heterocycles. The highest BCUT2D eigenvalue weighted by atomic mass is 16.5. The van der Waals surface area contributed by atoms with Crippen LogP contribution in [0, 0.1) is 0 Å². The van der Waals surface area contributed by atoms with E-state index >= 15 is 0 Å². The monoisotopic (exact) mass is 256 g/mol. The first kappa shape index (κ1) is 11.6. The van der Waals surface area contributed by atoms with Crippen molar-refractivity contribution in [2.45, 2.75) is 12.8 Å². The topological polar surface area (TPSA) is 72.5 Å². The van der Waals surface area contributed by atoms with Crippen LogP contribution in [-0.2, 0) is 11.3 Å². The number of aliphatic imine (C=N–C) groups is 1. The zero-order valence-electron chi connectivity index (χ0n) is 10.1. The molecule has 0 radical (unpaired) electrons. The van der Waals surface area contributed by atoms with Gasteiger partial charge in [-0.25, -0.2) is 4.98 Å². The quantitative estimate of drug-likeness (QED) is 0.899. The minimum absolute atomic E-state index is 0.292. The molecule has 0 spiro atoms. The maximum Gasteiger partial charge on any atom is 0.220 e. The van der Waals surface area contributed by atoms with E-state index in [4.69, 9.17) is 9.15 Å². The molecule has 1 unspecified atom stereocenters. The first-order valence-corrected chi connectivity index (χ1v) is 5.83. The van der Waals surface area contributed by atoms with E-state index in [0.717, 1.165) is 11.4 Å². The Kier molecular flexibility index (Phi) is 3.33. The van der Waals surface area contributed by atoms with Gasteiger partial charge in [0.25, 0.3) is 0 Å². The predicted octanol–water partition coefficient (Wildman–Crippen LogP) is 1.58. The summed E-state index contributed by atoms with van der Waals surface area (Å²) in [7, 11) is 0. The smallest absolute Gasteiger partial charge is 0.220 e. The van der Waals surface area contributed by atoms with E-state index in [-0.39, 0.29) is 6.23 Å². The first-order valence-electron chi connectivity index (χ1n) is 5.83. The van der Waals surface area contributed by atoms with Crippen molar-refractivity contribution in [1.82, 2.24) is 15.3 Å². The van der Waals surface area contributed by atoms with Crippen molar-refractivity contribution in [2.24, 2.45) is 4.99 Å². The molecule has 0 bridgehead atoms. The Hall–Kier alpha value is -2.47. The van der Waals surface area contributed by atoms with Gasteiger partial charge >= 0.3 is 0 Å². The average molecular weight is 256 g/mol. The Morgan fingerprint density at radius 1 is 1.26 bits per heavy atom. The van der Waals surface area contributed by atoms with Gasteiger partial charge in [-0.05, 0) is 12.1 Å². The van der Waals surface area contributed by atoms with Crippen LogP contribution in [0.3, 0.4) is 0 Å². The van der Waals surface area contributed by atoms with E-state index < -0.39 is 0 Å². The highest BCUT2D eigenvalue weighted by Gasteiger charge is 2.12. The second-order valence-electron chi connectivity index (χ2n) is 3.85. The standard InChI is InChI=1S/C13H12N4O2/c1-2-4-14-10(3-1)11-7-17-12(8-16-11)19-9-13-15-5-6-18-13/h1-8,12,17H,9H2. The molecule has 1 aliphatic heterocycles. The Labute approximate surface area is 109 Å². The van der Waals surface area contributed by atoms with Crippen molar-refractivity contribution < 1.29 is 9.15 Å². The van der Waals surface area contributed by atoms with E-state index in [2.05, 4.69) is 20.3 Å². The summed E-state index contributed by atoms with van der Waals surface area (Å²) in [5.41, 5.74) is 1.59. The average Bonchev–Trinajstić information content (AvgIpc) is 3.00. The summed E-state index contributed by atoms with van der Waals surface area (Å²) in [6, 6.07) is 5.69. The molecule has 19 heavy (non-hydrogen) atoms. The largest absolute Gasteiger partial charge is 0.446 e. The molecule has 0 saturated carbocycles. The molecule has 6 heteroatoms. The van der Waals surface area contributed by atoms with E-state index in [0.29, 0.717) is 12.5 Å². The van der Waals surface area contributed by atoms with Gasteiger partial charge in [0, 0.05) is 12.4 Å². The molecule has 2 aromatic heterocycles. The van der Waals surface area contributed by atoms with Crippen LogP contribution in [-0.4, -0.2) is 22.4 Å². The number of pyridine rings is 1. The molecule has 6 nitrogen and oxygen atoms in total. The summed E-state index contributed by atoms with van der Waals surface area (Å²) in [6.07, 6.45) is 8.01. The zero-order chi connectivity index (χ0) is 12.9. The van der Waals surface area contributed by atoms with Crippen LogP contribution >= 0.6 is 0 Å². The van der Waals surface area contributed by atoms with Gasteiger partial charge in [0.15, 0.2) is 6.23 Å². The van der Waals surface area contributed by atoms with Crippen LogP contribution in [0.1, 0.15) is 11.6 Å². The number of hydrogen-bond acceptors (Lipinski definition) is 6. The van der Waals surface area contributed by atoms with E-state index in [1.54, 1.807) is 24.8 Å². The van der Waals surface area contributed by atoms with E-state index in [9.17, 15) is 0 Å². The lowest BCUT2D eigenvalue weighted by atomic mass is 10.3. The molecule has 0 fully saturated rings. The summed E-state index contributed by atoms with van der Waals surface area (Å²) in [6.45, 7) is 0.295. The Morgan fingerprint density at radius 2 is 2.26 bits per heavy atom. The van der Waals surface area contributed by atoms with Crippen LogP contribution in [0.4, 0.5) is 0 Å². The van der Waals surface area contributed by atoms with E-state index in [1.165, 1.54) is 6.26 Å². The Morgan fingerprint density at radius 3 is 2.95 bits per heavy atom. The molecule has 3 heterocycles. The van der Waals surface area contributed by atoms with Crippen LogP contribution in [0.25, 0.3) is 5.70 Å². The fraction of sp³-hybridized carbons (Fsp3) is 0.154. The van der Waals surface area contributed by atoms with Gasteiger partial charge < -0.3 is 14.5 Å². The first-order chi connectivity index (χ1) is 9.42. The Balaban J connectivity index is 1.57. The number of rotatable bonds is 4. The molecular weight excluding hydrogens is 244 g/mol. The summed E-state index contributed by atoms with van der Waals surface area (Å²) >= 11 is 0. The molecule has 96 valence electrons. The van der Waals surface area contributed by atoms with Gasteiger partial charge in [-0.15, -0.1) is 0 Å². The van der Waals surface area contributed by atoms with Crippen molar-refractivity contribution in [3.8, 4) is 0 Å². The van der Waals surface area contributed by atoms with Crippen molar-refractivity contribution in [2.75, 3.05) is 0 Å². The van der Waals surface area contributed by atoms with Gasteiger partial charge in [-0.1, -0.05) is 6.07 Å². The molecule has 1 N–H and O–H groups in total. The van der Waals surface area contributed by atoms with Crippen molar-refractivity contribution >= 4 is 11.9 Å². The number of ether oxygens (including phenoxy) is 1. The predicted molar refractivity (Wildman–Crippen MR) is 68.9 cm³/mol. The SMILES string of the molecule is C1=NC(c2ccccn2)=CNC1OCc1ncco1. The minimum atomic E-state index is -0.292. The maximum atomic E-state index is 5.53. The highest BCUT2D eigenvalue weighted by molar-refractivity contribution is 5.77. The Bertz CT molecular complexity index is 578. The molecule has 1 atom stereocenters. The second kappa shape index (κ2) is 5.45. The zero-order valence-corrected chi connectivity index (χ0v) is 10.1. The van der Waals surface area contributed by atoms with Gasteiger partial charge in [0.1, 0.15) is 18.6 Å². The molecule has 1 aliphatic rings. The fourth-order valence-corrected chi connectivity index (χ4v) is 1.62. The lowest BCUT2D eigenvalue weighted by Crippen LogP contribution is -2.31. The van der Waals surface area contributed by atoms with Gasteiger partial charge in [-0.2, -0.15) is 0 Å². The van der Waals surface area contributed by atoms with Crippen molar-refractivity contribution in [1.29, 1.82) is 0 Å². The van der Waals surface area contributed by atoms with Crippen LogP contribution in [0.5, 0.6) is 0 Å². The fourth-order valence-electron chi connectivity index (χ4n) is 1.62. The van der Waals surface area contributed by atoms with Crippen LogP contribution in [0.2, 0.25) is 0 Å². The third-order valence-electron chi connectivity index (χ3n) is 2.53. The summed E-state index contributed by atoms with van der Waals surface area (Å²) in [5.74, 6) is 0.537. The molecular formula is C13H12N4O2. The number of hydrogen-bond donors (Lipinski definition) is 1. The maximum absolute atomic E-state index is 5.53. The number of nitrogens with zero attached hydrogens (tertiary/aromatic N) is 3. The van der Waals surface area contributed by atoms with Crippen LogP contribution in [0.15, 0.2) is 52.5 Å². The normalized spacial score (nSPS) is 17.9. The third-order valence-corrected chi connectivity index (χ3v) is 2.53. The molecule has 0 aromatic carbocycles. The number of nitrogens with one attached hydrogen (secondary N) is 1. The second-order valence-corrected chi connectivity index (χ2v) is 3.85. The van der Waals surface area contributed by atoms with E-state index in [1.807, 2.05) is 18.2 Å². The molecule has 2 aromatic rings. The molecule has 0 amide bonds. The third kappa shape index (κ3) is 2.86. The number of oxazole rings is 1. The summed E-state index contributed by atoms with van der Waals surface area (Å²) < 4.78 is 10.6. The molecule has 3 rings (SSSR count). The highest BCUT2D eigenvalue weighted by Crippen LogP contribution is 2.14. The number of aromatic nitrogens is 2. The lowest BCUT2D eigenvalue weighted by molar-refractivity contribution is 0.0598. The van der Waals surface area contributed by atoms with Gasteiger partial charge in [0.05, 0.1) is 18.1 Å². The summed E-state index contributed by atoms with van der Waals surface area (Å²) in [4.78, 5) is 12.5. The lowest BCUT2D eigenvalue weighted by Gasteiger charge is -2.17. The van der Waals surface area contributed by atoms with Gasteiger partial charge in [-0.3, -0.25) is 9.98 Å². The molecule has 0 aliphatic carbocycles. The van der Waals surface area contributed by atoms with Crippen molar-refractivity contribution in [3.63, 3.8) is 0 Å². The van der Waals surface area contributed by atoms with Crippen LogP contribution < -0.4 is 5.32 Å². The van der Waals surface area contributed by atoms with Crippen molar-refractivity contribution in [3.05, 3.63) is 54.6 Å². The minimum Gasteiger partial charge on any atom is -0.446 e. The van der Waals surface area contributed by atoms with Gasteiger partial charge in [0.2, 0.25) is 5.89 Å².